The van der Waals surface area contributed by atoms with Crippen molar-refractivity contribution < 1.29 is 9.18 Å². The zero-order valence-corrected chi connectivity index (χ0v) is 16.5. The molecular formula is C21H22FN3O2S. The molecule has 0 bridgehead atoms. The van der Waals surface area contributed by atoms with Gasteiger partial charge in [-0.15, -0.1) is 11.3 Å². The predicted molar refractivity (Wildman–Crippen MR) is 108 cm³/mol. The molecule has 0 saturated carbocycles. The average molecular weight is 399 g/mol. The van der Waals surface area contributed by atoms with Crippen LogP contribution in [0.2, 0.25) is 0 Å². The minimum absolute atomic E-state index is 0.0977. The van der Waals surface area contributed by atoms with Crippen LogP contribution in [0, 0.1) is 5.82 Å². The van der Waals surface area contributed by atoms with Crippen LogP contribution in [0.3, 0.4) is 0 Å². The lowest BCUT2D eigenvalue weighted by Crippen LogP contribution is -2.27. The summed E-state index contributed by atoms with van der Waals surface area (Å²) in [5.74, 6) is 0.105. The fraction of sp³-hybridized carbons (Fsp3) is 0.381. The number of halogens is 1. The molecule has 2 heterocycles. The molecule has 0 aliphatic heterocycles. The molecule has 5 nitrogen and oxygen atoms in total. The van der Waals surface area contributed by atoms with Gasteiger partial charge in [-0.3, -0.25) is 9.59 Å². The SMILES string of the molecule is C[C@@H](NC(=O)CCc1nc2sc3c(c2c(=O)[nH]1)CCCC3)c1ccc(F)cc1. The van der Waals surface area contributed by atoms with E-state index in [0.29, 0.717) is 12.2 Å². The third-order valence-electron chi connectivity index (χ3n) is 5.21. The summed E-state index contributed by atoms with van der Waals surface area (Å²) in [6.45, 7) is 1.85. The van der Waals surface area contributed by atoms with Crippen molar-refractivity contribution in [3.8, 4) is 0 Å². The fourth-order valence-electron chi connectivity index (χ4n) is 3.71. The molecule has 1 aliphatic rings. The van der Waals surface area contributed by atoms with Crippen molar-refractivity contribution >= 4 is 27.5 Å². The number of hydrogen-bond acceptors (Lipinski definition) is 4. The summed E-state index contributed by atoms with van der Waals surface area (Å²) < 4.78 is 13.0. The van der Waals surface area contributed by atoms with E-state index in [9.17, 15) is 14.0 Å². The van der Waals surface area contributed by atoms with Crippen LogP contribution in [0.25, 0.3) is 10.2 Å². The lowest BCUT2D eigenvalue weighted by molar-refractivity contribution is -0.121. The molecule has 4 rings (SSSR count). The largest absolute Gasteiger partial charge is 0.350 e. The second-order valence-electron chi connectivity index (χ2n) is 7.24. The summed E-state index contributed by atoms with van der Waals surface area (Å²) in [5, 5.41) is 3.63. The first-order valence-corrected chi connectivity index (χ1v) is 10.4. The van der Waals surface area contributed by atoms with Crippen molar-refractivity contribution in [2.24, 2.45) is 0 Å². The van der Waals surface area contributed by atoms with Gasteiger partial charge in [0.15, 0.2) is 0 Å². The number of H-pyrrole nitrogens is 1. The zero-order chi connectivity index (χ0) is 19.7. The fourth-order valence-corrected chi connectivity index (χ4v) is 4.99. The van der Waals surface area contributed by atoms with Gasteiger partial charge in [-0.2, -0.15) is 0 Å². The quantitative estimate of drug-likeness (QED) is 0.685. The van der Waals surface area contributed by atoms with Gasteiger partial charge in [0.1, 0.15) is 16.5 Å². The van der Waals surface area contributed by atoms with Crippen LogP contribution in [0.4, 0.5) is 4.39 Å². The van der Waals surface area contributed by atoms with E-state index in [2.05, 4.69) is 15.3 Å². The van der Waals surface area contributed by atoms with Crippen LogP contribution in [0.5, 0.6) is 0 Å². The molecule has 3 aromatic rings. The third-order valence-corrected chi connectivity index (χ3v) is 6.40. The van der Waals surface area contributed by atoms with Crippen molar-refractivity contribution in [1.29, 1.82) is 0 Å². The van der Waals surface area contributed by atoms with Gasteiger partial charge in [0.25, 0.3) is 5.56 Å². The number of amides is 1. The van der Waals surface area contributed by atoms with E-state index in [1.807, 2.05) is 6.92 Å². The van der Waals surface area contributed by atoms with Gasteiger partial charge in [-0.1, -0.05) is 12.1 Å². The number of nitrogens with zero attached hydrogens (tertiary/aromatic N) is 1. The Balaban J connectivity index is 1.43. The van der Waals surface area contributed by atoms with Gasteiger partial charge >= 0.3 is 0 Å². The highest BCUT2D eigenvalue weighted by Crippen LogP contribution is 2.33. The maximum absolute atomic E-state index is 13.0. The predicted octanol–water partition coefficient (Wildman–Crippen LogP) is 3.81. The average Bonchev–Trinajstić information content (AvgIpc) is 3.05. The Morgan fingerprint density at radius 1 is 1.29 bits per heavy atom. The molecule has 2 N–H and O–H groups in total. The summed E-state index contributed by atoms with van der Waals surface area (Å²) in [6.07, 6.45) is 4.85. The van der Waals surface area contributed by atoms with Gasteiger partial charge in [-0.05, 0) is 55.9 Å². The topological polar surface area (TPSA) is 74.8 Å². The smallest absolute Gasteiger partial charge is 0.259 e. The van der Waals surface area contributed by atoms with Gasteiger partial charge < -0.3 is 10.3 Å². The van der Waals surface area contributed by atoms with Gasteiger partial charge in [-0.25, -0.2) is 9.37 Å². The number of aryl methyl sites for hydroxylation is 3. The molecule has 0 saturated heterocycles. The normalized spacial score (nSPS) is 14.6. The first kappa shape index (κ1) is 18.8. The Kier molecular flexibility index (Phi) is 5.26. The summed E-state index contributed by atoms with van der Waals surface area (Å²) in [7, 11) is 0. The van der Waals surface area contributed by atoms with E-state index in [-0.39, 0.29) is 29.7 Å². The first-order valence-electron chi connectivity index (χ1n) is 9.59. The van der Waals surface area contributed by atoms with Gasteiger partial charge in [0, 0.05) is 17.7 Å². The lowest BCUT2D eigenvalue weighted by atomic mass is 9.97. The molecule has 1 atom stereocenters. The Morgan fingerprint density at radius 3 is 2.82 bits per heavy atom. The second-order valence-corrected chi connectivity index (χ2v) is 8.33. The van der Waals surface area contributed by atoms with Crippen LogP contribution in [-0.2, 0) is 24.1 Å². The molecule has 0 radical (unpaired) electrons. The minimum Gasteiger partial charge on any atom is -0.350 e. The molecule has 7 heteroatoms. The van der Waals surface area contributed by atoms with Crippen LogP contribution in [0.15, 0.2) is 29.1 Å². The Hall–Kier alpha value is -2.54. The highest BCUT2D eigenvalue weighted by atomic mass is 32.1. The summed E-state index contributed by atoms with van der Waals surface area (Å²) in [5.41, 5.74) is 1.91. The molecule has 1 aromatic carbocycles. The van der Waals surface area contributed by atoms with Crippen molar-refractivity contribution in [1.82, 2.24) is 15.3 Å². The maximum Gasteiger partial charge on any atom is 0.259 e. The molecule has 1 aliphatic carbocycles. The van der Waals surface area contributed by atoms with E-state index >= 15 is 0 Å². The van der Waals surface area contributed by atoms with Crippen LogP contribution in [-0.4, -0.2) is 15.9 Å². The molecule has 0 fully saturated rings. The van der Waals surface area contributed by atoms with Crippen LogP contribution in [0.1, 0.15) is 54.1 Å². The third kappa shape index (κ3) is 3.85. The monoisotopic (exact) mass is 399 g/mol. The Bertz CT molecular complexity index is 1070. The first-order chi connectivity index (χ1) is 13.5. The number of rotatable bonds is 5. The maximum atomic E-state index is 13.0. The number of thiophene rings is 1. The van der Waals surface area contributed by atoms with E-state index in [0.717, 1.165) is 47.0 Å². The standard InChI is InChI=1S/C21H22FN3O2S/c1-12(13-6-8-14(22)9-7-13)23-18(26)11-10-17-24-20(27)19-15-4-2-3-5-16(15)28-21(19)25-17/h6-9,12H,2-5,10-11H2,1H3,(H,23,26)(H,24,25,27)/t12-/m1/s1. The molecule has 0 spiro atoms. The number of carbonyl (C=O) groups excluding carboxylic acids is 1. The Labute approximate surface area is 166 Å². The number of nitrogens with one attached hydrogen (secondary N) is 2. The lowest BCUT2D eigenvalue weighted by Gasteiger charge is -2.14. The number of aromatic amines is 1. The number of fused-ring (bicyclic) bond motifs is 3. The molecular weight excluding hydrogens is 377 g/mol. The van der Waals surface area contributed by atoms with Crippen molar-refractivity contribution in [3.05, 3.63) is 62.3 Å². The highest BCUT2D eigenvalue weighted by molar-refractivity contribution is 7.18. The summed E-state index contributed by atoms with van der Waals surface area (Å²) in [6, 6.07) is 5.86. The molecule has 28 heavy (non-hydrogen) atoms. The number of benzene rings is 1. The van der Waals surface area contributed by atoms with E-state index in [1.165, 1.54) is 17.0 Å². The Morgan fingerprint density at radius 2 is 2.04 bits per heavy atom. The molecule has 0 unspecified atom stereocenters. The molecule has 146 valence electrons. The number of aromatic nitrogens is 2. The summed E-state index contributed by atoms with van der Waals surface area (Å²) >= 11 is 1.61. The summed E-state index contributed by atoms with van der Waals surface area (Å²) in [4.78, 5) is 34.3. The molecule has 2 aromatic heterocycles. The van der Waals surface area contributed by atoms with Gasteiger partial charge in [0.2, 0.25) is 5.91 Å². The van der Waals surface area contributed by atoms with Crippen molar-refractivity contribution in [2.75, 3.05) is 0 Å². The number of carbonyl (C=O) groups is 1. The highest BCUT2D eigenvalue weighted by Gasteiger charge is 2.20. The molecule has 1 amide bonds. The zero-order valence-electron chi connectivity index (χ0n) is 15.7. The van der Waals surface area contributed by atoms with E-state index in [1.54, 1.807) is 23.5 Å². The minimum atomic E-state index is -0.303. The van der Waals surface area contributed by atoms with Crippen molar-refractivity contribution in [2.45, 2.75) is 51.5 Å². The van der Waals surface area contributed by atoms with Gasteiger partial charge in [0.05, 0.1) is 11.4 Å². The number of hydrogen-bond donors (Lipinski definition) is 2. The second kappa shape index (κ2) is 7.83. The van der Waals surface area contributed by atoms with Crippen molar-refractivity contribution in [3.63, 3.8) is 0 Å². The van der Waals surface area contributed by atoms with Crippen LogP contribution >= 0.6 is 11.3 Å². The van der Waals surface area contributed by atoms with E-state index in [4.69, 9.17) is 0 Å². The van der Waals surface area contributed by atoms with E-state index < -0.39 is 0 Å². The van der Waals surface area contributed by atoms with Crippen LogP contribution < -0.4 is 10.9 Å².